The summed E-state index contributed by atoms with van der Waals surface area (Å²) in [5.41, 5.74) is 11.7. The van der Waals surface area contributed by atoms with E-state index in [1.54, 1.807) is 0 Å². The minimum Gasteiger partial charge on any atom is -0.327 e. The van der Waals surface area contributed by atoms with Crippen molar-refractivity contribution in [3.05, 3.63) is 23.8 Å². The van der Waals surface area contributed by atoms with Crippen LogP contribution in [0.3, 0.4) is 0 Å². The minimum atomic E-state index is 0.581. The third kappa shape index (κ3) is 3.94. The van der Waals surface area contributed by atoms with Gasteiger partial charge in [0.2, 0.25) is 0 Å². The van der Waals surface area contributed by atoms with Gasteiger partial charge in [-0.2, -0.15) is 0 Å². The van der Waals surface area contributed by atoms with Crippen molar-refractivity contribution >= 4 is 0 Å². The van der Waals surface area contributed by atoms with Crippen molar-refractivity contribution in [1.29, 1.82) is 0 Å². The van der Waals surface area contributed by atoms with Gasteiger partial charge in [-0.25, -0.2) is 0 Å². The molecule has 0 aliphatic heterocycles. The number of nitrogens with two attached hydrogens (primary N) is 2. The fraction of sp³-hybridized carbons (Fsp3) is 0.429. The summed E-state index contributed by atoms with van der Waals surface area (Å²) < 4.78 is 0. The number of allylic oxidation sites excluding steroid dienone is 1. The monoisotopic (exact) mass is 126 g/mol. The van der Waals surface area contributed by atoms with Crippen molar-refractivity contribution in [1.82, 2.24) is 0 Å². The molecule has 2 nitrogen and oxygen atoms in total. The Morgan fingerprint density at radius 3 is 2.44 bits per heavy atom. The van der Waals surface area contributed by atoms with Crippen LogP contribution in [0.4, 0.5) is 0 Å². The average Bonchev–Trinajstić information content (AvgIpc) is 1.91. The SMILES string of the molecule is C/C=C(/C=C\CN)CN. The van der Waals surface area contributed by atoms with Gasteiger partial charge in [-0.1, -0.05) is 18.2 Å². The molecular weight excluding hydrogens is 112 g/mol. The van der Waals surface area contributed by atoms with Crippen molar-refractivity contribution in [3.8, 4) is 0 Å². The highest BCUT2D eigenvalue weighted by Crippen LogP contribution is 1.91. The molecular formula is C7H14N2. The fourth-order valence-electron chi connectivity index (χ4n) is 0.502. The van der Waals surface area contributed by atoms with Gasteiger partial charge in [-0.3, -0.25) is 0 Å². The van der Waals surface area contributed by atoms with Crippen LogP contribution in [-0.4, -0.2) is 13.1 Å². The molecule has 0 bridgehead atoms. The van der Waals surface area contributed by atoms with Crippen LogP contribution in [0.5, 0.6) is 0 Å². The number of hydrogen-bond acceptors (Lipinski definition) is 2. The van der Waals surface area contributed by atoms with Gasteiger partial charge < -0.3 is 11.5 Å². The molecule has 0 unspecified atom stereocenters. The Morgan fingerprint density at radius 1 is 1.44 bits per heavy atom. The normalized spacial score (nSPS) is 13.0. The van der Waals surface area contributed by atoms with Gasteiger partial charge in [0.15, 0.2) is 0 Å². The summed E-state index contributed by atoms with van der Waals surface area (Å²) in [6, 6.07) is 0. The summed E-state index contributed by atoms with van der Waals surface area (Å²) in [6.07, 6.45) is 5.81. The molecule has 0 spiro atoms. The summed E-state index contributed by atoms with van der Waals surface area (Å²) in [5.74, 6) is 0. The Balaban J connectivity index is 3.70. The zero-order valence-corrected chi connectivity index (χ0v) is 5.80. The predicted octanol–water partition coefficient (Wildman–Crippen LogP) is 0.406. The minimum absolute atomic E-state index is 0.581. The first-order valence-electron chi connectivity index (χ1n) is 3.07. The van der Waals surface area contributed by atoms with Crippen LogP contribution in [0.15, 0.2) is 23.8 Å². The van der Waals surface area contributed by atoms with Crippen molar-refractivity contribution in [3.63, 3.8) is 0 Å². The number of rotatable bonds is 3. The molecule has 0 aromatic carbocycles. The molecule has 2 heteroatoms. The van der Waals surface area contributed by atoms with Crippen molar-refractivity contribution < 1.29 is 0 Å². The molecule has 0 aliphatic rings. The highest BCUT2D eigenvalue weighted by molar-refractivity contribution is 5.18. The summed E-state index contributed by atoms with van der Waals surface area (Å²) in [7, 11) is 0. The third-order valence-electron chi connectivity index (χ3n) is 1.07. The molecule has 0 fully saturated rings. The Hall–Kier alpha value is -0.600. The maximum Gasteiger partial charge on any atom is 0.0174 e. The third-order valence-corrected chi connectivity index (χ3v) is 1.07. The molecule has 0 heterocycles. The zero-order chi connectivity index (χ0) is 7.11. The van der Waals surface area contributed by atoms with E-state index in [0.717, 1.165) is 5.57 Å². The average molecular weight is 126 g/mol. The zero-order valence-electron chi connectivity index (χ0n) is 5.80. The second-order valence-electron chi connectivity index (χ2n) is 1.71. The van der Waals surface area contributed by atoms with Crippen LogP contribution in [0.25, 0.3) is 0 Å². The molecule has 0 atom stereocenters. The first-order chi connectivity index (χ1) is 4.35. The van der Waals surface area contributed by atoms with E-state index in [0.29, 0.717) is 13.1 Å². The molecule has 0 radical (unpaired) electrons. The second-order valence-corrected chi connectivity index (χ2v) is 1.71. The van der Waals surface area contributed by atoms with Gasteiger partial charge >= 0.3 is 0 Å². The lowest BCUT2D eigenvalue weighted by Crippen LogP contribution is -2.01. The van der Waals surface area contributed by atoms with Crippen LogP contribution >= 0.6 is 0 Å². The molecule has 0 aromatic rings. The Kier molecular flexibility index (Phi) is 5.17. The molecule has 0 aliphatic carbocycles. The maximum absolute atomic E-state index is 5.36. The van der Waals surface area contributed by atoms with E-state index in [1.165, 1.54) is 0 Å². The number of hydrogen-bond donors (Lipinski definition) is 2. The molecule has 9 heavy (non-hydrogen) atoms. The van der Waals surface area contributed by atoms with E-state index >= 15 is 0 Å². The molecule has 52 valence electrons. The summed E-state index contributed by atoms with van der Waals surface area (Å²) in [5, 5.41) is 0. The van der Waals surface area contributed by atoms with Crippen LogP contribution in [0.1, 0.15) is 6.92 Å². The van der Waals surface area contributed by atoms with Crippen LogP contribution < -0.4 is 11.5 Å². The lowest BCUT2D eigenvalue weighted by Gasteiger charge is -1.91. The topological polar surface area (TPSA) is 52.0 Å². The molecule has 0 saturated heterocycles. The highest BCUT2D eigenvalue weighted by atomic mass is 14.5. The van der Waals surface area contributed by atoms with Gasteiger partial charge in [-0.05, 0) is 12.5 Å². The summed E-state index contributed by atoms with van der Waals surface area (Å²) >= 11 is 0. The van der Waals surface area contributed by atoms with E-state index in [4.69, 9.17) is 11.5 Å². The lowest BCUT2D eigenvalue weighted by molar-refractivity contribution is 1.16. The standard InChI is InChI=1S/C7H14N2/c1-2-7(6-9)4-3-5-8/h2-4H,5-6,8-9H2,1H3/b4-3-,7-2-. The maximum atomic E-state index is 5.36. The summed E-state index contributed by atoms with van der Waals surface area (Å²) in [4.78, 5) is 0. The molecule has 0 aromatic heterocycles. The predicted molar refractivity (Wildman–Crippen MR) is 41.0 cm³/mol. The summed E-state index contributed by atoms with van der Waals surface area (Å²) in [6.45, 7) is 3.13. The fourth-order valence-corrected chi connectivity index (χ4v) is 0.502. The van der Waals surface area contributed by atoms with E-state index in [2.05, 4.69) is 0 Å². The Bertz CT molecular complexity index is 114. The first-order valence-corrected chi connectivity index (χ1v) is 3.07. The van der Waals surface area contributed by atoms with E-state index in [-0.39, 0.29) is 0 Å². The van der Waals surface area contributed by atoms with Crippen molar-refractivity contribution in [2.75, 3.05) is 13.1 Å². The van der Waals surface area contributed by atoms with E-state index < -0.39 is 0 Å². The smallest absolute Gasteiger partial charge is 0.0174 e. The van der Waals surface area contributed by atoms with Crippen LogP contribution in [0.2, 0.25) is 0 Å². The van der Waals surface area contributed by atoms with Gasteiger partial charge in [-0.15, -0.1) is 0 Å². The quantitative estimate of drug-likeness (QED) is 0.538. The van der Waals surface area contributed by atoms with Gasteiger partial charge in [0.1, 0.15) is 0 Å². The first kappa shape index (κ1) is 8.40. The van der Waals surface area contributed by atoms with Gasteiger partial charge in [0, 0.05) is 13.1 Å². The van der Waals surface area contributed by atoms with Crippen molar-refractivity contribution in [2.24, 2.45) is 11.5 Å². The highest BCUT2D eigenvalue weighted by Gasteiger charge is 1.81. The Labute approximate surface area is 56.2 Å². The lowest BCUT2D eigenvalue weighted by atomic mass is 10.2. The van der Waals surface area contributed by atoms with Gasteiger partial charge in [0.05, 0.1) is 0 Å². The molecule has 0 rings (SSSR count). The van der Waals surface area contributed by atoms with Crippen molar-refractivity contribution in [2.45, 2.75) is 6.92 Å². The van der Waals surface area contributed by atoms with Gasteiger partial charge in [0.25, 0.3) is 0 Å². The van der Waals surface area contributed by atoms with Crippen LogP contribution in [0, 0.1) is 0 Å². The second kappa shape index (κ2) is 5.54. The van der Waals surface area contributed by atoms with Crippen LogP contribution in [-0.2, 0) is 0 Å². The van der Waals surface area contributed by atoms with E-state index in [1.807, 2.05) is 25.2 Å². The molecule has 4 N–H and O–H groups in total. The molecule has 0 amide bonds. The Morgan fingerprint density at radius 2 is 2.11 bits per heavy atom. The molecule has 0 saturated carbocycles. The largest absolute Gasteiger partial charge is 0.327 e. The van der Waals surface area contributed by atoms with E-state index in [9.17, 15) is 0 Å².